The molecule has 2 heterocycles. The molecule has 0 aliphatic carbocycles. The largest absolute Gasteiger partial charge is 0.266 e. The molecule has 2 aliphatic rings. The van der Waals surface area contributed by atoms with Gasteiger partial charge in [-0.25, -0.2) is 0 Å². The van der Waals surface area contributed by atoms with Gasteiger partial charge >= 0.3 is 0 Å². The first kappa shape index (κ1) is 21.7. The maximum atomic E-state index is 6.67. The zero-order chi connectivity index (χ0) is 22.2. The normalized spacial score (nSPS) is 19.9. The van der Waals surface area contributed by atoms with Crippen LogP contribution in [0.15, 0.2) is 72.8 Å². The zero-order valence-corrected chi connectivity index (χ0v) is 19.4. The average Bonchev–Trinajstić information content (AvgIpc) is 3.50. The van der Waals surface area contributed by atoms with Crippen molar-refractivity contribution in [2.24, 2.45) is 0 Å². The lowest BCUT2D eigenvalue weighted by Crippen LogP contribution is -2.10. The van der Waals surface area contributed by atoms with Gasteiger partial charge in [0.1, 0.15) is 12.2 Å². The summed E-state index contributed by atoms with van der Waals surface area (Å²) in [7, 11) is 0. The van der Waals surface area contributed by atoms with Gasteiger partial charge in [0.05, 0.1) is 31.5 Å². The summed E-state index contributed by atoms with van der Waals surface area (Å²) in [6.07, 6.45) is 3.18. The maximum Gasteiger partial charge on any atom is 0.131 e. The van der Waals surface area contributed by atoms with Crippen LogP contribution in [0.2, 0.25) is 20.1 Å². The summed E-state index contributed by atoms with van der Waals surface area (Å²) < 4.78 is 0. The third-order valence-electron chi connectivity index (χ3n) is 5.29. The van der Waals surface area contributed by atoms with Gasteiger partial charge in [0, 0.05) is 11.1 Å². The first-order valence-electron chi connectivity index (χ1n) is 9.78. The Labute approximate surface area is 205 Å². The van der Waals surface area contributed by atoms with Gasteiger partial charge in [-0.15, -0.1) is 0 Å². The topological polar surface area (TPSA) is 42.5 Å². The highest BCUT2D eigenvalue weighted by Crippen LogP contribution is 2.48. The number of nitrogens with one attached hydrogen (secondary N) is 2. The molecule has 32 heavy (non-hydrogen) atoms. The Hall–Kier alpha value is -2.18. The minimum absolute atomic E-state index is 0.262. The molecule has 2 unspecified atom stereocenters. The molecule has 2 atom stereocenters. The second-order valence-corrected chi connectivity index (χ2v) is 8.78. The monoisotopic (exact) mass is 504 g/mol. The molecule has 3 aromatic carbocycles. The molecule has 3 aromatic rings. The van der Waals surface area contributed by atoms with E-state index in [0.717, 1.165) is 11.1 Å². The van der Waals surface area contributed by atoms with Crippen LogP contribution in [0, 0.1) is 0 Å². The van der Waals surface area contributed by atoms with Crippen LogP contribution >= 0.6 is 46.4 Å². The molecular formula is C24H16Cl4N2O2. The Morgan fingerprint density at radius 3 is 1.22 bits per heavy atom. The van der Waals surface area contributed by atoms with Gasteiger partial charge in [0.2, 0.25) is 0 Å². The van der Waals surface area contributed by atoms with Crippen molar-refractivity contribution in [2.75, 3.05) is 0 Å². The lowest BCUT2D eigenvalue weighted by Gasteiger charge is -2.16. The lowest BCUT2D eigenvalue weighted by molar-refractivity contribution is 0.0510. The van der Waals surface area contributed by atoms with Crippen LogP contribution in [-0.2, 0) is 9.68 Å². The smallest absolute Gasteiger partial charge is 0.131 e. The highest BCUT2D eigenvalue weighted by molar-refractivity contribution is 6.50. The molecule has 8 heteroatoms. The summed E-state index contributed by atoms with van der Waals surface area (Å²) in [5.74, 6) is 0. The highest BCUT2D eigenvalue weighted by atomic mass is 35.5. The highest BCUT2D eigenvalue weighted by Gasteiger charge is 2.30. The fourth-order valence-corrected chi connectivity index (χ4v) is 4.94. The molecule has 0 aromatic heterocycles. The van der Waals surface area contributed by atoms with E-state index in [1.165, 1.54) is 0 Å². The van der Waals surface area contributed by atoms with Crippen molar-refractivity contribution in [3.63, 3.8) is 0 Å². The van der Waals surface area contributed by atoms with E-state index >= 15 is 0 Å². The average molecular weight is 506 g/mol. The quantitative estimate of drug-likeness (QED) is 0.359. The number of hydroxylamine groups is 2. The molecule has 0 saturated heterocycles. The first-order valence-corrected chi connectivity index (χ1v) is 11.3. The second kappa shape index (κ2) is 8.99. The third kappa shape index (κ3) is 3.88. The van der Waals surface area contributed by atoms with Gasteiger partial charge in [-0.05, 0) is 23.3 Å². The first-order chi connectivity index (χ1) is 15.5. The molecule has 2 aliphatic heterocycles. The molecule has 2 N–H and O–H groups in total. The third-order valence-corrected chi connectivity index (χ3v) is 6.99. The number of benzene rings is 3. The van der Waals surface area contributed by atoms with E-state index in [-0.39, 0.29) is 32.3 Å². The van der Waals surface area contributed by atoms with Gasteiger partial charge in [-0.2, -0.15) is 0 Å². The van der Waals surface area contributed by atoms with Crippen LogP contribution in [0.4, 0.5) is 0 Å². The Morgan fingerprint density at radius 1 is 0.531 bits per heavy atom. The Balaban J connectivity index is 1.52. The molecule has 0 saturated carbocycles. The van der Waals surface area contributed by atoms with Gasteiger partial charge in [0.15, 0.2) is 0 Å². The van der Waals surface area contributed by atoms with Crippen LogP contribution in [-0.4, -0.2) is 0 Å². The maximum absolute atomic E-state index is 6.67. The van der Waals surface area contributed by atoms with Crippen molar-refractivity contribution in [2.45, 2.75) is 12.2 Å². The van der Waals surface area contributed by atoms with Crippen molar-refractivity contribution in [3.05, 3.63) is 115 Å². The summed E-state index contributed by atoms with van der Waals surface area (Å²) in [6, 6.07) is 19.6. The number of hydrogen-bond donors (Lipinski definition) is 2. The summed E-state index contributed by atoms with van der Waals surface area (Å²) >= 11 is 26.7. The SMILES string of the molecule is Clc1c(Cl)c(C2=CC(c3ccccc3)ON2)c(Cl)c(Cl)c1C1=CC(c2ccccc2)ON1. The fourth-order valence-electron chi connectivity index (χ4n) is 3.68. The van der Waals surface area contributed by atoms with E-state index in [1.54, 1.807) is 0 Å². The van der Waals surface area contributed by atoms with Gasteiger partial charge < -0.3 is 0 Å². The van der Waals surface area contributed by atoms with E-state index in [4.69, 9.17) is 56.1 Å². The minimum Gasteiger partial charge on any atom is -0.266 e. The Kier molecular flexibility index (Phi) is 6.08. The number of rotatable bonds is 4. The Bertz CT molecular complexity index is 1100. The van der Waals surface area contributed by atoms with Crippen LogP contribution in [0.25, 0.3) is 11.4 Å². The van der Waals surface area contributed by atoms with E-state index < -0.39 is 0 Å². The van der Waals surface area contributed by atoms with Gasteiger partial charge in [-0.1, -0.05) is 107 Å². The molecule has 0 amide bonds. The van der Waals surface area contributed by atoms with Crippen LogP contribution in [0.3, 0.4) is 0 Å². The Morgan fingerprint density at radius 2 is 0.875 bits per heavy atom. The summed E-state index contributed by atoms with van der Waals surface area (Å²) in [5.41, 5.74) is 9.90. The summed E-state index contributed by atoms with van der Waals surface area (Å²) in [5, 5.41) is 1.05. The fraction of sp³-hybridized carbons (Fsp3) is 0.0833. The van der Waals surface area contributed by atoms with Crippen molar-refractivity contribution < 1.29 is 9.68 Å². The van der Waals surface area contributed by atoms with Crippen molar-refractivity contribution in [3.8, 4) is 0 Å². The summed E-state index contributed by atoms with van der Waals surface area (Å²) in [4.78, 5) is 11.4. The van der Waals surface area contributed by atoms with Crippen molar-refractivity contribution in [1.29, 1.82) is 0 Å². The van der Waals surface area contributed by atoms with E-state index in [1.807, 2.05) is 72.8 Å². The standard InChI is InChI=1S/C24H16Cl4N2O2/c25-21-19(15-11-17(31-29-15)13-7-3-1-4-8-13)22(26)24(28)20(23(21)27)16-12-18(32-30-16)14-9-5-2-6-10-14/h1-12,17-18,29-30H. The minimum atomic E-state index is -0.296. The van der Waals surface area contributed by atoms with Crippen LogP contribution in [0.5, 0.6) is 0 Å². The molecule has 0 bridgehead atoms. The van der Waals surface area contributed by atoms with Crippen molar-refractivity contribution in [1.82, 2.24) is 11.0 Å². The second-order valence-electron chi connectivity index (χ2n) is 7.27. The van der Waals surface area contributed by atoms with Gasteiger partial charge in [0.25, 0.3) is 0 Å². The predicted molar refractivity (Wildman–Crippen MR) is 129 cm³/mol. The number of halogens is 4. The lowest BCUT2D eigenvalue weighted by atomic mass is 10.0. The molecular weight excluding hydrogens is 490 g/mol. The summed E-state index contributed by atoms with van der Waals surface area (Å²) in [6.45, 7) is 0. The molecule has 0 radical (unpaired) electrons. The number of hydrogen-bond acceptors (Lipinski definition) is 4. The molecule has 162 valence electrons. The van der Waals surface area contributed by atoms with Crippen LogP contribution in [0.1, 0.15) is 34.5 Å². The zero-order valence-electron chi connectivity index (χ0n) is 16.4. The van der Waals surface area contributed by atoms with Gasteiger partial charge in [-0.3, -0.25) is 20.6 Å². The predicted octanol–water partition coefficient (Wildman–Crippen LogP) is 7.53. The van der Waals surface area contributed by atoms with Crippen LogP contribution < -0.4 is 11.0 Å². The molecule has 4 nitrogen and oxygen atoms in total. The molecule has 5 rings (SSSR count). The molecule has 0 fully saturated rings. The van der Waals surface area contributed by atoms with E-state index in [9.17, 15) is 0 Å². The van der Waals surface area contributed by atoms with Crippen molar-refractivity contribution >= 4 is 57.8 Å². The van der Waals surface area contributed by atoms with E-state index in [0.29, 0.717) is 22.5 Å². The van der Waals surface area contributed by atoms with E-state index in [2.05, 4.69) is 11.0 Å². The molecule has 0 spiro atoms.